The zero-order chi connectivity index (χ0) is 14.1. The molecule has 4 nitrogen and oxygen atoms in total. The van der Waals surface area contributed by atoms with Crippen molar-refractivity contribution in [2.45, 2.75) is 39.7 Å². The normalized spacial score (nSPS) is 22.2. The molecule has 0 fully saturated rings. The number of fused-ring (bicyclic) bond motifs is 1. The van der Waals surface area contributed by atoms with Gasteiger partial charge in [0.2, 0.25) is 0 Å². The van der Waals surface area contributed by atoms with Gasteiger partial charge < -0.3 is 9.73 Å². The topological polar surface area (TPSA) is 59.3 Å². The average Bonchev–Trinajstić information content (AvgIpc) is 2.75. The van der Waals surface area contributed by atoms with Gasteiger partial charge in [-0.3, -0.25) is 0 Å². The fraction of sp³-hybridized carbons (Fsp3) is 0.714. The van der Waals surface area contributed by atoms with Crippen LogP contribution in [0.25, 0.3) is 0 Å². The Morgan fingerprint density at radius 3 is 2.89 bits per heavy atom. The van der Waals surface area contributed by atoms with E-state index in [4.69, 9.17) is 4.42 Å². The lowest BCUT2D eigenvalue weighted by Gasteiger charge is -2.34. The van der Waals surface area contributed by atoms with Crippen molar-refractivity contribution in [2.75, 3.05) is 18.1 Å². The summed E-state index contributed by atoms with van der Waals surface area (Å²) in [7, 11) is -2.90. The van der Waals surface area contributed by atoms with E-state index in [1.54, 1.807) is 13.2 Å². The van der Waals surface area contributed by atoms with Crippen molar-refractivity contribution in [3.8, 4) is 0 Å². The van der Waals surface area contributed by atoms with Gasteiger partial charge in [0, 0.05) is 30.3 Å². The maximum absolute atomic E-state index is 11.5. The zero-order valence-corrected chi connectivity index (χ0v) is 12.7. The molecule has 0 saturated carbocycles. The summed E-state index contributed by atoms with van der Waals surface area (Å²) in [5, 5.41) is 3.37. The molecule has 0 aromatic carbocycles. The molecule has 108 valence electrons. The highest BCUT2D eigenvalue weighted by Gasteiger charge is 2.33. The van der Waals surface area contributed by atoms with Gasteiger partial charge in [0.05, 0.1) is 12.0 Å². The predicted molar refractivity (Wildman–Crippen MR) is 75.9 cm³/mol. The Bertz CT molecular complexity index is 531. The summed E-state index contributed by atoms with van der Waals surface area (Å²) in [5.41, 5.74) is 1.37. The van der Waals surface area contributed by atoms with Crippen LogP contribution in [0.3, 0.4) is 0 Å². The maximum atomic E-state index is 11.5. The fourth-order valence-electron chi connectivity index (χ4n) is 2.69. The Hall–Kier alpha value is -0.810. The van der Waals surface area contributed by atoms with Crippen LogP contribution in [0.4, 0.5) is 0 Å². The Morgan fingerprint density at radius 2 is 2.21 bits per heavy atom. The van der Waals surface area contributed by atoms with Gasteiger partial charge >= 0.3 is 0 Å². The van der Waals surface area contributed by atoms with Crippen molar-refractivity contribution >= 4 is 9.84 Å². The number of hydrogen-bond acceptors (Lipinski definition) is 4. The molecular formula is C14H23NO3S. The Kier molecular flexibility index (Phi) is 4.06. The minimum atomic E-state index is -2.90. The molecule has 1 aliphatic rings. The van der Waals surface area contributed by atoms with Crippen LogP contribution in [0.2, 0.25) is 0 Å². The molecule has 1 aromatic rings. The minimum absolute atomic E-state index is 0.187. The van der Waals surface area contributed by atoms with E-state index in [1.165, 1.54) is 5.56 Å². The lowest BCUT2D eigenvalue weighted by atomic mass is 9.75. The Balaban J connectivity index is 2.01. The second-order valence-electron chi connectivity index (χ2n) is 6.09. The molecule has 19 heavy (non-hydrogen) atoms. The Labute approximate surface area is 115 Å². The molecule has 1 N–H and O–H groups in total. The van der Waals surface area contributed by atoms with E-state index in [0.717, 1.165) is 18.6 Å². The van der Waals surface area contributed by atoms with E-state index in [9.17, 15) is 8.42 Å². The quantitative estimate of drug-likeness (QED) is 0.902. The second-order valence-corrected chi connectivity index (χ2v) is 8.56. The van der Waals surface area contributed by atoms with Crippen LogP contribution in [0.15, 0.2) is 16.7 Å². The van der Waals surface area contributed by atoms with Gasteiger partial charge in [-0.05, 0) is 17.9 Å². The number of rotatable bonds is 5. The van der Waals surface area contributed by atoms with Crippen molar-refractivity contribution in [2.24, 2.45) is 5.41 Å². The molecule has 5 heteroatoms. The molecule has 0 bridgehead atoms. The van der Waals surface area contributed by atoms with E-state index >= 15 is 0 Å². The lowest BCUT2D eigenvalue weighted by Crippen LogP contribution is -2.35. The first-order chi connectivity index (χ1) is 8.83. The molecule has 2 rings (SSSR count). The molecule has 0 saturated heterocycles. The lowest BCUT2D eigenvalue weighted by molar-refractivity contribution is 0.237. The van der Waals surface area contributed by atoms with Crippen LogP contribution >= 0.6 is 0 Å². The first-order valence-electron chi connectivity index (χ1n) is 6.83. The third-order valence-corrected chi connectivity index (χ3v) is 5.50. The molecule has 0 spiro atoms. The molecule has 0 radical (unpaired) electrons. The molecule has 0 unspecified atom stereocenters. The minimum Gasteiger partial charge on any atom is -0.469 e. The van der Waals surface area contributed by atoms with Crippen LogP contribution in [0.1, 0.15) is 44.6 Å². The average molecular weight is 285 g/mol. The SMILES string of the molecule is CCS(=O)(=O)CCN[C@H]1CC(C)(C)Cc2occc21. The van der Waals surface area contributed by atoms with Crippen molar-refractivity contribution in [3.05, 3.63) is 23.7 Å². The van der Waals surface area contributed by atoms with E-state index < -0.39 is 9.84 Å². The third-order valence-electron chi connectivity index (χ3n) is 3.79. The van der Waals surface area contributed by atoms with E-state index in [1.807, 2.05) is 6.07 Å². The molecule has 1 atom stereocenters. The maximum Gasteiger partial charge on any atom is 0.151 e. The first kappa shape index (κ1) is 14.6. The van der Waals surface area contributed by atoms with Gasteiger partial charge in [0.25, 0.3) is 0 Å². The third kappa shape index (κ3) is 3.60. The van der Waals surface area contributed by atoms with Gasteiger partial charge in [0.1, 0.15) is 5.76 Å². The summed E-state index contributed by atoms with van der Waals surface area (Å²) in [4.78, 5) is 0. The van der Waals surface area contributed by atoms with E-state index in [-0.39, 0.29) is 23.0 Å². The molecule has 1 heterocycles. The summed E-state index contributed by atoms with van der Waals surface area (Å²) in [5.74, 6) is 1.45. The van der Waals surface area contributed by atoms with Crippen molar-refractivity contribution in [3.63, 3.8) is 0 Å². The smallest absolute Gasteiger partial charge is 0.151 e. The highest BCUT2D eigenvalue weighted by molar-refractivity contribution is 7.91. The monoisotopic (exact) mass is 285 g/mol. The van der Waals surface area contributed by atoms with E-state index in [2.05, 4.69) is 19.2 Å². The largest absolute Gasteiger partial charge is 0.469 e. The summed E-state index contributed by atoms with van der Waals surface area (Å²) in [6, 6.07) is 2.20. The predicted octanol–water partition coefficient (Wildman–Crippen LogP) is 2.32. The number of furan rings is 1. The van der Waals surface area contributed by atoms with Crippen LogP contribution < -0.4 is 5.32 Å². The highest BCUT2D eigenvalue weighted by atomic mass is 32.2. The van der Waals surface area contributed by atoms with E-state index in [0.29, 0.717) is 6.54 Å². The van der Waals surface area contributed by atoms with Gasteiger partial charge in [-0.15, -0.1) is 0 Å². The molecule has 1 aromatic heterocycles. The van der Waals surface area contributed by atoms with Gasteiger partial charge in [0.15, 0.2) is 9.84 Å². The number of nitrogens with one attached hydrogen (secondary N) is 1. The van der Waals surface area contributed by atoms with Crippen LogP contribution in [0.5, 0.6) is 0 Å². The summed E-state index contributed by atoms with van der Waals surface area (Å²) in [6.45, 7) is 6.63. The van der Waals surface area contributed by atoms with Crippen molar-refractivity contribution in [1.82, 2.24) is 5.32 Å². The first-order valence-corrected chi connectivity index (χ1v) is 8.65. The van der Waals surface area contributed by atoms with Crippen LogP contribution in [-0.4, -0.2) is 26.5 Å². The van der Waals surface area contributed by atoms with Crippen LogP contribution in [0, 0.1) is 5.41 Å². The molecule has 0 amide bonds. The fourth-order valence-corrected chi connectivity index (χ4v) is 3.41. The standard InChI is InChI=1S/C14H23NO3S/c1-4-19(16,17)8-6-15-12-9-14(2,3)10-13-11(12)5-7-18-13/h5,7,12,15H,4,6,8-10H2,1-3H3/t12-/m0/s1. The van der Waals surface area contributed by atoms with Crippen molar-refractivity contribution < 1.29 is 12.8 Å². The summed E-state index contributed by atoms with van der Waals surface area (Å²) >= 11 is 0. The van der Waals surface area contributed by atoms with Gasteiger partial charge in [-0.1, -0.05) is 20.8 Å². The Morgan fingerprint density at radius 1 is 1.47 bits per heavy atom. The van der Waals surface area contributed by atoms with Crippen LogP contribution in [-0.2, 0) is 16.3 Å². The second kappa shape index (κ2) is 5.29. The van der Waals surface area contributed by atoms with Gasteiger partial charge in [-0.2, -0.15) is 0 Å². The molecular weight excluding hydrogens is 262 g/mol. The molecule has 0 aliphatic heterocycles. The summed E-state index contributed by atoms with van der Waals surface area (Å²) < 4.78 is 28.5. The van der Waals surface area contributed by atoms with Crippen molar-refractivity contribution in [1.29, 1.82) is 0 Å². The highest BCUT2D eigenvalue weighted by Crippen LogP contribution is 2.40. The number of hydrogen-bond donors (Lipinski definition) is 1. The zero-order valence-electron chi connectivity index (χ0n) is 11.9. The van der Waals surface area contributed by atoms with Gasteiger partial charge in [-0.25, -0.2) is 8.42 Å². The molecule has 1 aliphatic carbocycles. The summed E-state index contributed by atoms with van der Waals surface area (Å²) in [6.07, 6.45) is 3.68. The number of sulfone groups is 1.